The van der Waals surface area contributed by atoms with Gasteiger partial charge in [0, 0.05) is 11.6 Å². The third-order valence-electron chi connectivity index (χ3n) is 3.54. The molecule has 0 radical (unpaired) electrons. The van der Waals surface area contributed by atoms with Crippen molar-refractivity contribution in [3.8, 4) is 34.1 Å². The van der Waals surface area contributed by atoms with E-state index < -0.39 is 6.48 Å². The number of fused-ring (bicyclic) bond motifs is 3. The lowest BCUT2D eigenvalue weighted by Crippen LogP contribution is -2.24. The van der Waals surface area contributed by atoms with Crippen molar-refractivity contribution in [2.75, 3.05) is 0 Å². The number of hydrogen-bond donors (Lipinski definition) is 0. The van der Waals surface area contributed by atoms with Gasteiger partial charge in [-0.3, -0.25) is 0 Å². The Bertz CT molecular complexity index is 836. The maximum absolute atomic E-state index is 6.04. The van der Waals surface area contributed by atoms with Gasteiger partial charge in [0.05, 0.1) is 11.8 Å². The summed E-state index contributed by atoms with van der Waals surface area (Å²) in [5, 5.41) is 0. The Labute approximate surface area is 133 Å². The Kier molecular flexibility index (Phi) is 3.27. The number of rotatable bonds is 3. The van der Waals surface area contributed by atoms with Crippen LogP contribution in [0.4, 0.5) is 0 Å². The molecule has 1 aliphatic rings. The smallest absolute Gasteiger partial charge is 0.406 e. The van der Waals surface area contributed by atoms with Gasteiger partial charge in [-0.25, -0.2) is 0 Å². The summed E-state index contributed by atoms with van der Waals surface area (Å²) in [5.74, 6) is 2.55. The Morgan fingerprint density at radius 1 is 0.913 bits per heavy atom. The van der Waals surface area contributed by atoms with Gasteiger partial charge in [0.2, 0.25) is 0 Å². The Balaban J connectivity index is 1.85. The molecular weight excluding hydrogens is 292 g/mol. The summed E-state index contributed by atoms with van der Waals surface area (Å²) in [4.78, 5) is 0. The average Bonchev–Trinajstić information content (AvgIpc) is 2.94. The molecule has 0 spiro atoms. The molecule has 0 N–H and O–H groups in total. The fraction of sp³-hybridized carbons (Fsp3) is 0.0526. The highest BCUT2D eigenvalue weighted by atomic mass is 16.8. The van der Waals surface area contributed by atoms with Crippen molar-refractivity contribution in [3.63, 3.8) is 0 Å². The minimum absolute atomic E-state index is 0.570. The first-order chi connectivity index (χ1) is 11.3. The number of ether oxygens (including phenoxy) is 3. The molecule has 1 atom stereocenters. The summed E-state index contributed by atoms with van der Waals surface area (Å²) < 4.78 is 22.8. The normalized spacial score (nSPS) is 15.4. The zero-order chi connectivity index (χ0) is 15.6. The van der Waals surface area contributed by atoms with E-state index >= 15 is 0 Å². The average molecular weight is 306 g/mol. The minimum Gasteiger partial charge on any atom is -0.452 e. The zero-order valence-electron chi connectivity index (χ0n) is 12.3. The zero-order valence-corrected chi connectivity index (χ0v) is 12.3. The van der Waals surface area contributed by atoms with Crippen LogP contribution in [0.15, 0.2) is 77.9 Å². The van der Waals surface area contributed by atoms with Gasteiger partial charge in [-0.05, 0) is 12.1 Å². The summed E-state index contributed by atoms with van der Waals surface area (Å²) in [5.41, 5.74) is 1.80. The van der Waals surface area contributed by atoms with Crippen LogP contribution in [0.25, 0.3) is 22.6 Å². The number of para-hydroxylation sites is 1. The Morgan fingerprint density at radius 2 is 1.65 bits per heavy atom. The van der Waals surface area contributed by atoms with Gasteiger partial charge in [0.1, 0.15) is 11.5 Å². The molecule has 0 saturated carbocycles. The molecule has 1 aromatic heterocycles. The molecule has 4 rings (SSSR count). The van der Waals surface area contributed by atoms with Crippen molar-refractivity contribution in [2.45, 2.75) is 6.48 Å². The predicted molar refractivity (Wildman–Crippen MR) is 85.9 cm³/mol. The van der Waals surface area contributed by atoms with Crippen LogP contribution in [0.5, 0.6) is 11.5 Å². The first-order valence-electron chi connectivity index (χ1n) is 7.23. The van der Waals surface area contributed by atoms with E-state index in [1.165, 1.54) is 6.26 Å². The molecule has 23 heavy (non-hydrogen) atoms. The standard InChI is InChI=1S/C19H14O4/c1-2-20-19-22-15-11-7-6-10-14(15)18-17(23-19)12-16(21-18)13-8-4-3-5-9-13/h2-12,19H,1H2. The molecule has 0 amide bonds. The summed E-state index contributed by atoms with van der Waals surface area (Å²) >= 11 is 0. The first-order valence-corrected chi connectivity index (χ1v) is 7.23. The fourth-order valence-corrected chi connectivity index (χ4v) is 2.52. The van der Waals surface area contributed by atoms with Crippen LogP contribution in [0, 0.1) is 0 Å². The molecule has 3 aromatic rings. The third kappa shape index (κ3) is 2.44. The summed E-state index contributed by atoms with van der Waals surface area (Å²) in [6.45, 7) is 2.64. The van der Waals surface area contributed by atoms with Crippen molar-refractivity contribution < 1.29 is 18.6 Å². The van der Waals surface area contributed by atoms with Gasteiger partial charge in [-0.1, -0.05) is 49.0 Å². The highest BCUT2D eigenvalue weighted by Gasteiger charge is 2.27. The first kappa shape index (κ1) is 13.5. The van der Waals surface area contributed by atoms with E-state index in [0.717, 1.165) is 16.9 Å². The molecular formula is C19H14O4. The maximum atomic E-state index is 6.04. The molecule has 0 aliphatic carbocycles. The molecule has 2 aromatic carbocycles. The summed E-state index contributed by atoms with van der Waals surface area (Å²) in [6.07, 6.45) is 1.29. The Hall–Kier alpha value is -3.14. The second-order valence-corrected chi connectivity index (χ2v) is 4.99. The van der Waals surface area contributed by atoms with Crippen LogP contribution >= 0.6 is 0 Å². The van der Waals surface area contributed by atoms with Gasteiger partial charge in [0.25, 0.3) is 0 Å². The van der Waals surface area contributed by atoms with Crippen molar-refractivity contribution in [1.82, 2.24) is 0 Å². The van der Waals surface area contributed by atoms with Gasteiger partial charge >= 0.3 is 6.48 Å². The van der Waals surface area contributed by atoms with Crippen LogP contribution in [0.3, 0.4) is 0 Å². The molecule has 1 unspecified atom stereocenters. The molecule has 0 saturated heterocycles. The third-order valence-corrected chi connectivity index (χ3v) is 3.54. The highest BCUT2D eigenvalue weighted by molar-refractivity contribution is 5.75. The lowest BCUT2D eigenvalue weighted by atomic mass is 10.1. The Morgan fingerprint density at radius 3 is 2.48 bits per heavy atom. The maximum Gasteiger partial charge on any atom is 0.406 e. The van der Waals surface area contributed by atoms with E-state index in [9.17, 15) is 0 Å². The van der Waals surface area contributed by atoms with Crippen LogP contribution < -0.4 is 9.47 Å². The minimum atomic E-state index is -0.906. The monoisotopic (exact) mass is 306 g/mol. The van der Waals surface area contributed by atoms with Crippen molar-refractivity contribution >= 4 is 0 Å². The van der Waals surface area contributed by atoms with Crippen molar-refractivity contribution in [3.05, 3.63) is 73.5 Å². The second-order valence-electron chi connectivity index (χ2n) is 4.99. The van der Waals surface area contributed by atoms with Gasteiger partial charge in [-0.15, -0.1) is 0 Å². The van der Waals surface area contributed by atoms with Crippen molar-refractivity contribution in [1.29, 1.82) is 0 Å². The van der Waals surface area contributed by atoms with E-state index in [1.54, 1.807) is 0 Å². The molecule has 2 heterocycles. The number of furan rings is 1. The highest BCUT2D eigenvalue weighted by Crippen LogP contribution is 2.44. The molecule has 0 fully saturated rings. The molecule has 0 bridgehead atoms. The van der Waals surface area contributed by atoms with E-state index in [2.05, 4.69) is 6.58 Å². The van der Waals surface area contributed by atoms with Gasteiger partial charge in [0.15, 0.2) is 11.5 Å². The second kappa shape index (κ2) is 5.57. The van der Waals surface area contributed by atoms with E-state index in [1.807, 2.05) is 60.7 Å². The van der Waals surface area contributed by atoms with E-state index in [0.29, 0.717) is 17.3 Å². The van der Waals surface area contributed by atoms with Crippen LogP contribution in [-0.2, 0) is 4.74 Å². The molecule has 1 aliphatic heterocycles. The van der Waals surface area contributed by atoms with Crippen LogP contribution in [0.2, 0.25) is 0 Å². The van der Waals surface area contributed by atoms with E-state index in [4.69, 9.17) is 18.6 Å². The SMILES string of the molecule is C=COC1Oc2ccccc2-c2oc(-c3ccccc3)cc2O1. The number of benzene rings is 2. The summed E-state index contributed by atoms with van der Waals surface area (Å²) in [7, 11) is 0. The van der Waals surface area contributed by atoms with Gasteiger partial charge < -0.3 is 18.6 Å². The lowest BCUT2D eigenvalue weighted by Gasteiger charge is -2.16. The topological polar surface area (TPSA) is 40.8 Å². The predicted octanol–water partition coefficient (Wildman–Crippen LogP) is 4.83. The van der Waals surface area contributed by atoms with Crippen molar-refractivity contribution in [2.24, 2.45) is 0 Å². The van der Waals surface area contributed by atoms with Crippen LogP contribution in [-0.4, -0.2) is 6.48 Å². The van der Waals surface area contributed by atoms with Crippen LogP contribution in [0.1, 0.15) is 0 Å². The number of hydrogen-bond acceptors (Lipinski definition) is 4. The molecule has 4 heteroatoms. The van der Waals surface area contributed by atoms with E-state index in [-0.39, 0.29) is 0 Å². The van der Waals surface area contributed by atoms with Gasteiger partial charge in [-0.2, -0.15) is 0 Å². The lowest BCUT2D eigenvalue weighted by molar-refractivity contribution is -0.163. The fourth-order valence-electron chi connectivity index (χ4n) is 2.52. The molecule has 114 valence electrons. The molecule has 4 nitrogen and oxygen atoms in total. The summed E-state index contributed by atoms with van der Waals surface area (Å²) in [6, 6.07) is 19.3. The largest absolute Gasteiger partial charge is 0.452 e. The quantitative estimate of drug-likeness (QED) is 0.650.